The van der Waals surface area contributed by atoms with Crippen LogP contribution in [0.1, 0.15) is 0 Å². The first-order valence-electron chi connectivity index (χ1n) is 1.51. The van der Waals surface area contributed by atoms with E-state index in [1.54, 1.807) is 0 Å². The van der Waals surface area contributed by atoms with Crippen LogP contribution >= 0.6 is 0 Å². The fourth-order valence-corrected chi connectivity index (χ4v) is 0. The van der Waals surface area contributed by atoms with E-state index in [1.165, 1.54) is 0 Å². The Hall–Kier alpha value is 1.19. The van der Waals surface area contributed by atoms with Crippen LogP contribution in [-0.2, 0) is 0 Å². The Balaban J connectivity index is -0.0000000125. The first-order valence-corrected chi connectivity index (χ1v) is 1.51. The van der Waals surface area contributed by atoms with Crippen LogP contribution in [0.5, 0.6) is 0 Å². The number of rotatable bonds is 0. The zero-order chi connectivity index (χ0) is 7.58. The number of hydrogen-bond acceptors (Lipinski definition) is 5. The van der Waals surface area contributed by atoms with Crippen molar-refractivity contribution in [2.75, 3.05) is 14.2 Å². The summed E-state index contributed by atoms with van der Waals surface area (Å²) >= 11 is 0. The van der Waals surface area contributed by atoms with Crippen molar-refractivity contribution in [3.05, 3.63) is 0 Å². The van der Waals surface area contributed by atoms with Gasteiger partial charge in [-0.15, -0.1) is 0 Å². The monoisotopic (exact) mass is 170 g/mol. The molecule has 0 atom stereocenters. The maximum atomic E-state index is 8.33. The molecule has 0 rings (SSSR count). The smallest absolute Gasteiger partial charge is 0.652 e. The maximum Gasteiger partial charge on any atom is 1.00 e. The van der Waals surface area contributed by atoms with E-state index in [9.17, 15) is 0 Å². The van der Waals surface area contributed by atoms with Gasteiger partial charge in [0, 0.05) is 14.2 Å². The molecular formula is C3H8Na2O5. The van der Waals surface area contributed by atoms with Crippen molar-refractivity contribution < 1.29 is 84.3 Å². The van der Waals surface area contributed by atoms with E-state index in [1.807, 2.05) is 0 Å². The second-order valence-corrected chi connectivity index (χ2v) is 0.250. The van der Waals surface area contributed by atoms with E-state index < -0.39 is 6.16 Å². The van der Waals surface area contributed by atoms with Gasteiger partial charge in [0.2, 0.25) is 0 Å². The van der Waals surface area contributed by atoms with Crippen LogP contribution in [0.25, 0.3) is 0 Å². The Labute approximate surface area is 104 Å². The Kier molecular flexibility index (Phi) is 149. The summed E-state index contributed by atoms with van der Waals surface area (Å²) in [6.45, 7) is 0. The van der Waals surface area contributed by atoms with Gasteiger partial charge in [-0.3, -0.25) is 0 Å². The van der Waals surface area contributed by atoms with Crippen molar-refractivity contribution in [1.29, 1.82) is 0 Å². The first kappa shape index (κ1) is 30.3. The molecular weight excluding hydrogens is 162 g/mol. The molecule has 0 saturated heterocycles. The quantitative estimate of drug-likeness (QED) is 0.351. The van der Waals surface area contributed by atoms with Gasteiger partial charge in [0.05, 0.1) is 0 Å². The summed E-state index contributed by atoms with van der Waals surface area (Å²) in [6.07, 6.45) is -2.33. The molecule has 0 bridgehead atoms. The van der Waals surface area contributed by atoms with Gasteiger partial charge in [-0.2, -0.15) is 0 Å². The molecule has 0 unspecified atom stereocenters. The van der Waals surface area contributed by atoms with Crippen LogP contribution in [0, 0.1) is 0 Å². The predicted octanol–water partition coefficient (Wildman–Crippen LogP) is -9.22. The summed E-state index contributed by atoms with van der Waals surface area (Å²) in [7, 11) is 2.00. The van der Waals surface area contributed by atoms with Gasteiger partial charge in [-0.05, 0) is 6.16 Å². The molecule has 0 aliphatic heterocycles. The molecule has 2 N–H and O–H groups in total. The molecule has 0 aromatic heterocycles. The van der Waals surface area contributed by atoms with Crippen LogP contribution < -0.4 is 69.3 Å². The summed E-state index contributed by atoms with van der Waals surface area (Å²) in [6, 6.07) is 0. The van der Waals surface area contributed by atoms with E-state index in [0.717, 1.165) is 14.2 Å². The molecule has 0 spiro atoms. The standard InChI is InChI=1S/CH2O3.2CH4O.2Na/c2-1(3)4;2*1-2;;/h(H2,2,3,4);2*2H,1H3;;/q;;;2*+1/p-2. The second-order valence-electron chi connectivity index (χ2n) is 0.250. The zero-order valence-electron chi connectivity index (χ0n) is 6.62. The van der Waals surface area contributed by atoms with Gasteiger partial charge in [-0.1, -0.05) is 0 Å². The number of carbonyl (C=O) groups is 1. The minimum Gasteiger partial charge on any atom is -0.652 e. The number of carboxylic acid groups (broad SMARTS) is 2. The van der Waals surface area contributed by atoms with Gasteiger partial charge in [0.1, 0.15) is 0 Å². The number of hydrogen-bond donors (Lipinski definition) is 2. The van der Waals surface area contributed by atoms with Gasteiger partial charge < -0.3 is 25.2 Å². The number of aliphatic hydroxyl groups is 2. The SMILES string of the molecule is CO.CO.O=C([O-])[O-].[Na+].[Na+]. The van der Waals surface area contributed by atoms with Gasteiger partial charge in [0.15, 0.2) is 0 Å². The van der Waals surface area contributed by atoms with E-state index in [4.69, 9.17) is 25.2 Å². The third kappa shape index (κ3) is 435. The minimum atomic E-state index is -2.33. The Bertz CT molecular complexity index is 37.9. The van der Waals surface area contributed by atoms with Crippen molar-refractivity contribution in [2.45, 2.75) is 0 Å². The van der Waals surface area contributed by atoms with Crippen molar-refractivity contribution in [3.8, 4) is 0 Å². The molecule has 10 heavy (non-hydrogen) atoms. The molecule has 0 aromatic rings. The largest absolute Gasteiger partial charge is 1.00 e. The molecule has 0 radical (unpaired) electrons. The van der Waals surface area contributed by atoms with E-state index >= 15 is 0 Å². The summed E-state index contributed by atoms with van der Waals surface area (Å²) in [5.41, 5.74) is 0. The average Bonchev–Trinajstić information content (AvgIpc) is 1.75. The third-order valence-electron chi connectivity index (χ3n) is 0. The molecule has 0 fully saturated rings. The molecule has 0 aromatic carbocycles. The maximum absolute atomic E-state index is 8.33. The summed E-state index contributed by atoms with van der Waals surface area (Å²) in [4.78, 5) is 8.33. The molecule has 5 nitrogen and oxygen atoms in total. The summed E-state index contributed by atoms with van der Waals surface area (Å²) in [5, 5.41) is 30.7. The molecule has 0 aliphatic rings. The van der Waals surface area contributed by atoms with Gasteiger partial charge in [-0.25, -0.2) is 0 Å². The van der Waals surface area contributed by atoms with Crippen LogP contribution in [0.4, 0.5) is 4.79 Å². The number of aliphatic hydroxyl groups excluding tert-OH is 2. The van der Waals surface area contributed by atoms with Gasteiger partial charge in [0.25, 0.3) is 0 Å². The first-order chi connectivity index (χ1) is 3.73. The molecule has 52 valence electrons. The number of carbonyl (C=O) groups excluding carboxylic acids is 1. The average molecular weight is 170 g/mol. The van der Waals surface area contributed by atoms with Crippen molar-refractivity contribution in [2.24, 2.45) is 0 Å². The van der Waals surface area contributed by atoms with E-state index in [0.29, 0.717) is 0 Å². The second kappa shape index (κ2) is 49.0. The fourth-order valence-electron chi connectivity index (χ4n) is 0. The van der Waals surface area contributed by atoms with Crippen LogP contribution in [0.3, 0.4) is 0 Å². The Morgan fingerprint density at radius 1 is 1.00 bits per heavy atom. The summed E-state index contributed by atoms with van der Waals surface area (Å²) < 4.78 is 0. The van der Waals surface area contributed by atoms with Crippen LogP contribution in [0.15, 0.2) is 0 Å². The molecule has 0 heterocycles. The van der Waals surface area contributed by atoms with E-state index in [-0.39, 0.29) is 59.1 Å². The Morgan fingerprint density at radius 2 is 1.00 bits per heavy atom. The van der Waals surface area contributed by atoms with Crippen molar-refractivity contribution >= 4 is 6.16 Å². The van der Waals surface area contributed by atoms with E-state index in [2.05, 4.69) is 0 Å². The van der Waals surface area contributed by atoms with Gasteiger partial charge >= 0.3 is 59.1 Å². The third-order valence-corrected chi connectivity index (χ3v) is 0. The fraction of sp³-hybridized carbons (Fsp3) is 0.667. The molecule has 0 amide bonds. The topological polar surface area (TPSA) is 104 Å². The minimum absolute atomic E-state index is 0. The molecule has 0 saturated carbocycles. The van der Waals surface area contributed by atoms with Crippen molar-refractivity contribution in [3.63, 3.8) is 0 Å². The molecule has 0 aliphatic carbocycles. The zero-order valence-corrected chi connectivity index (χ0v) is 10.6. The Morgan fingerprint density at radius 3 is 1.00 bits per heavy atom. The van der Waals surface area contributed by atoms with Crippen LogP contribution in [-0.4, -0.2) is 30.6 Å². The van der Waals surface area contributed by atoms with Crippen LogP contribution in [0.2, 0.25) is 0 Å². The predicted molar refractivity (Wildman–Crippen MR) is 21.7 cm³/mol. The summed E-state index contributed by atoms with van der Waals surface area (Å²) in [5.74, 6) is 0. The van der Waals surface area contributed by atoms with Crippen molar-refractivity contribution in [1.82, 2.24) is 0 Å². The normalized spacial score (nSPS) is 3.60. The molecule has 7 heteroatoms.